The van der Waals surface area contributed by atoms with E-state index in [2.05, 4.69) is 35.2 Å². The van der Waals surface area contributed by atoms with Crippen LogP contribution in [0.2, 0.25) is 0 Å². The van der Waals surface area contributed by atoms with Crippen LogP contribution in [0.3, 0.4) is 0 Å². The number of hydrogen-bond donors (Lipinski definition) is 1. The minimum Gasteiger partial charge on any atom is -0.339 e. The van der Waals surface area contributed by atoms with Crippen LogP contribution in [0.5, 0.6) is 0 Å². The van der Waals surface area contributed by atoms with Gasteiger partial charge < -0.3 is 10.2 Å². The Morgan fingerprint density at radius 2 is 2.17 bits per heavy atom. The molecule has 0 saturated carbocycles. The largest absolute Gasteiger partial charge is 0.339 e. The Balaban J connectivity index is 1.96. The molecule has 0 radical (unpaired) electrons. The molecule has 0 spiro atoms. The predicted molar refractivity (Wildman–Crippen MR) is 92.3 cm³/mol. The molecule has 2 rings (SSSR count). The van der Waals surface area contributed by atoms with Crippen molar-refractivity contribution in [2.75, 3.05) is 39.8 Å². The molecule has 2 heterocycles. The summed E-state index contributed by atoms with van der Waals surface area (Å²) in [5, 5.41) is 8.10. The minimum atomic E-state index is 0.163. The molecule has 130 valence electrons. The van der Waals surface area contributed by atoms with Crippen LogP contribution in [0, 0.1) is 0 Å². The molecule has 1 amide bonds. The van der Waals surface area contributed by atoms with Gasteiger partial charge in [-0.05, 0) is 38.5 Å². The molecule has 0 unspecified atom stereocenters. The molecule has 1 saturated heterocycles. The molecular formula is C17H31N5O. The Hall–Kier alpha value is -1.40. The maximum absolute atomic E-state index is 12.3. The van der Waals surface area contributed by atoms with Gasteiger partial charge in [0.15, 0.2) is 0 Å². The smallest absolute Gasteiger partial charge is 0.236 e. The van der Waals surface area contributed by atoms with Gasteiger partial charge in [-0.25, -0.2) is 0 Å². The van der Waals surface area contributed by atoms with Crippen molar-refractivity contribution in [3.63, 3.8) is 0 Å². The third-order valence-corrected chi connectivity index (χ3v) is 4.79. The molecule has 1 aromatic heterocycles. The lowest BCUT2D eigenvalue weighted by atomic mass is 9.96. The molecule has 23 heavy (non-hydrogen) atoms. The molecule has 1 atom stereocenters. The molecule has 0 bridgehead atoms. The van der Waals surface area contributed by atoms with Gasteiger partial charge in [0.05, 0.1) is 24.5 Å². The van der Waals surface area contributed by atoms with Gasteiger partial charge in [0.2, 0.25) is 5.91 Å². The molecule has 1 aliphatic rings. The molecule has 1 N–H and O–H groups in total. The number of carbonyl (C=O) groups excluding carboxylic acids is 1. The average Bonchev–Trinajstić information content (AvgIpc) is 2.94. The highest BCUT2D eigenvalue weighted by atomic mass is 16.2. The Morgan fingerprint density at radius 3 is 2.78 bits per heavy atom. The molecule has 6 heteroatoms. The molecule has 1 aromatic rings. The lowest BCUT2D eigenvalue weighted by Gasteiger charge is -2.22. The summed E-state index contributed by atoms with van der Waals surface area (Å²) in [7, 11) is 3.85. The van der Waals surface area contributed by atoms with Gasteiger partial charge in [-0.1, -0.05) is 13.8 Å². The highest BCUT2D eigenvalue weighted by molar-refractivity contribution is 5.77. The lowest BCUT2D eigenvalue weighted by Crippen LogP contribution is -2.38. The summed E-state index contributed by atoms with van der Waals surface area (Å²) in [5.41, 5.74) is 2.25. The molecule has 0 aromatic carbocycles. The third-order valence-electron chi connectivity index (χ3n) is 4.79. The fourth-order valence-electron chi connectivity index (χ4n) is 3.07. The summed E-state index contributed by atoms with van der Waals surface area (Å²) in [5.74, 6) is 0.663. The van der Waals surface area contributed by atoms with Crippen LogP contribution >= 0.6 is 0 Å². The first-order valence-corrected chi connectivity index (χ1v) is 8.75. The van der Waals surface area contributed by atoms with Gasteiger partial charge in [0.25, 0.3) is 0 Å². The number of piperidine rings is 1. The molecular weight excluding hydrogens is 290 g/mol. The van der Waals surface area contributed by atoms with Crippen LogP contribution in [0.15, 0.2) is 6.07 Å². The topological polar surface area (TPSA) is 53.4 Å². The Morgan fingerprint density at radius 1 is 1.43 bits per heavy atom. The first-order valence-electron chi connectivity index (χ1n) is 8.75. The first kappa shape index (κ1) is 17.9. The van der Waals surface area contributed by atoms with Crippen LogP contribution in [-0.4, -0.2) is 65.3 Å². The number of hydrogen-bond acceptors (Lipinski definition) is 4. The van der Waals surface area contributed by atoms with E-state index in [-0.39, 0.29) is 5.91 Å². The average molecular weight is 321 g/mol. The van der Waals surface area contributed by atoms with Crippen LogP contribution in [0.25, 0.3) is 0 Å². The van der Waals surface area contributed by atoms with Crippen molar-refractivity contribution < 1.29 is 4.79 Å². The van der Waals surface area contributed by atoms with Crippen molar-refractivity contribution in [3.8, 4) is 0 Å². The zero-order chi connectivity index (χ0) is 16.8. The molecule has 1 aliphatic heterocycles. The Bertz CT molecular complexity index is 503. The summed E-state index contributed by atoms with van der Waals surface area (Å²) in [6, 6.07) is 2.17. The number of aryl methyl sites for hydroxylation is 1. The fourth-order valence-corrected chi connectivity index (χ4v) is 3.07. The van der Waals surface area contributed by atoms with E-state index in [1.165, 1.54) is 12.8 Å². The van der Waals surface area contributed by atoms with Crippen molar-refractivity contribution in [1.29, 1.82) is 0 Å². The second-order valence-electron chi connectivity index (χ2n) is 6.44. The summed E-state index contributed by atoms with van der Waals surface area (Å²) in [6.07, 6.45) is 2.40. The normalized spacial score (nSPS) is 18.4. The van der Waals surface area contributed by atoms with E-state index >= 15 is 0 Å². The van der Waals surface area contributed by atoms with Crippen LogP contribution in [0.4, 0.5) is 0 Å². The summed E-state index contributed by atoms with van der Waals surface area (Å²) < 4.78 is 1.92. The molecule has 0 aliphatic carbocycles. The summed E-state index contributed by atoms with van der Waals surface area (Å²) in [6.45, 7) is 9.20. The highest BCUT2D eigenvalue weighted by Crippen LogP contribution is 2.23. The van der Waals surface area contributed by atoms with E-state index in [1.54, 1.807) is 4.90 Å². The number of amides is 1. The Labute approximate surface area is 139 Å². The second-order valence-corrected chi connectivity index (χ2v) is 6.44. The van der Waals surface area contributed by atoms with Gasteiger partial charge in [-0.2, -0.15) is 5.10 Å². The zero-order valence-corrected chi connectivity index (χ0v) is 15.0. The van der Waals surface area contributed by atoms with E-state index in [0.29, 0.717) is 19.0 Å². The van der Waals surface area contributed by atoms with Crippen molar-refractivity contribution in [1.82, 2.24) is 24.9 Å². The van der Waals surface area contributed by atoms with Crippen molar-refractivity contribution in [2.45, 2.75) is 39.2 Å². The van der Waals surface area contributed by atoms with Gasteiger partial charge in [-0.15, -0.1) is 0 Å². The van der Waals surface area contributed by atoms with Crippen molar-refractivity contribution in [2.24, 2.45) is 7.05 Å². The molecule has 1 fully saturated rings. The van der Waals surface area contributed by atoms with Gasteiger partial charge in [-0.3, -0.25) is 14.4 Å². The van der Waals surface area contributed by atoms with Gasteiger partial charge >= 0.3 is 0 Å². The van der Waals surface area contributed by atoms with Crippen LogP contribution in [-0.2, 0) is 18.4 Å². The van der Waals surface area contributed by atoms with E-state index < -0.39 is 0 Å². The first-order chi connectivity index (χ1) is 11.0. The van der Waals surface area contributed by atoms with Crippen molar-refractivity contribution >= 4 is 5.91 Å². The van der Waals surface area contributed by atoms with E-state index in [4.69, 9.17) is 0 Å². The number of carbonyl (C=O) groups is 1. The zero-order valence-electron chi connectivity index (χ0n) is 15.0. The number of rotatable bonds is 7. The van der Waals surface area contributed by atoms with Crippen molar-refractivity contribution in [3.05, 3.63) is 17.5 Å². The number of nitrogens with one attached hydrogen (secondary N) is 1. The maximum Gasteiger partial charge on any atom is 0.236 e. The second kappa shape index (κ2) is 8.45. The maximum atomic E-state index is 12.3. The number of likely N-dealkylation sites (N-methyl/N-ethyl adjacent to an activating group) is 2. The number of nitrogens with zero attached hydrogens (tertiary/aromatic N) is 4. The standard InChI is InChI=1S/C17H31N5O/c1-5-22(6-2)13-17(23)20(3)12-15-10-16(19-21(15)4)14-8-7-9-18-11-14/h10,14,18H,5-9,11-13H2,1-4H3/t14-/m0/s1. The third kappa shape index (κ3) is 4.78. The van der Waals surface area contributed by atoms with E-state index in [9.17, 15) is 4.79 Å². The van der Waals surface area contributed by atoms with E-state index in [0.717, 1.165) is 37.6 Å². The van der Waals surface area contributed by atoms with Gasteiger partial charge in [0, 0.05) is 26.6 Å². The monoisotopic (exact) mass is 321 g/mol. The highest BCUT2D eigenvalue weighted by Gasteiger charge is 2.20. The summed E-state index contributed by atoms with van der Waals surface area (Å²) >= 11 is 0. The predicted octanol–water partition coefficient (Wildman–Crippen LogP) is 1.19. The van der Waals surface area contributed by atoms with Crippen LogP contribution in [0.1, 0.15) is 44.0 Å². The summed E-state index contributed by atoms with van der Waals surface area (Å²) in [4.78, 5) is 16.3. The van der Waals surface area contributed by atoms with Gasteiger partial charge in [0.1, 0.15) is 0 Å². The number of aromatic nitrogens is 2. The minimum absolute atomic E-state index is 0.163. The SMILES string of the molecule is CCN(CC)CC(=O)N(C)Cc1cc([C@H]2CCCNC2)nn1C. The van der Waals surface area contributed by atoms with Crippen LogP contribution < -0.4 is 5.32 Å². The Kier molecular flexibility index (Phi) is 6.59. The fraction of sp³-hybridized carbons (Fsp3) is 0.765. The molecule has 6 nitrogen and oxygen atoms in total. The lowest BCUT2D eigenvalue weighted by molar-refractivity contribution is -0.131. The quantitative estimate of drug-likeness (QED) is 0.819. The van der Waals surface area contributed by atoms with E-state index in [1.807, 2.05) is 18.8 Å².